The lowest BCUT2D eigenvalue weighted by Crippen LogP contribution is -2.35. The van der Waals surface area contributed by atoms with Crippen LogP contribution in [0.3, 0.4) is 0 Å². The smallest absolute Gasteiger partial charge is 0.335 e. The molecule has 0 radical (unpaired) electrons. The molecule has 26 heavy (non-hydrogen) atoms. The summed E-state index contributed by atoms with van der Waals surface area (Å²) in [7, 11) is 1.63. The van der Waals surface area contributed by atoms with E-state index in [-0.39, 0.29) is 18.0 Å². The third kappa shape index (κ3) is 4.03. The van der Waals surface area contributed by atoms with Crippen LogP contribution in [0.15, 0.2) is 42.5 Å². The Labute approximate surface area is 151 Å². The summed E-state index contributed by atoms with van der Waals surface area (Å²) in [4.78, 5) is 10.9. The monoisotopic (exact) mass is 360 g/mol. The third-order valence-corrected chi connectivity index (χ3v) is 4.69. The zero-order valence-electron chi connectivity index (χ0n) is 14.5. The maximum atomic E-state index is 14.1. The lowest BCUT2D eigenvalue weighted by Gasteiger charge is -2.36. The average molecular weight is 360 g/mol. The number of carboxylic acids is 1. The van der Waals surface area contributed by atoms with Crippen LogP contribution >= 0.6 is 0 Å². The van der Waals surface area contributed by atoms with Crippen molar-refractivity contribution in [3.05, 3.63) is 65.0 Å². The number of carbonyl (C=O) groups is 1. The summed E-state index contributed by atoms with van der Waals surface area (Å²) in [6.07, 6.45) is 1.31. The van der Waals surface area contributed by atoms with E-state index in [1.165, 1.54) is 24.3 Å². The minimum Gasteiger partial charge on any atom is -0.489 e. The first kappa shape index (κ1) is 18.4. The molecule has 1 fully saturated rings. The van der Waals surface area contributed by atoms with Crippen molar-refractivity contribution in [2.45, 2.75) is 25.0 Å². The number of ether oxygens (including phenoxy) is 3. The second kappa shape index (κ2) is 7.85. The molecule has 1 aliphatic rings. The molecule has 5 nitrogen and oxygen atoms in total. The first-order valence-electron chi connectivity index (χ1n) is 8.41. The minimum absolute atomic E-state index is 0.211. The van der Waals surface area contributed by atoms with E-state index in [1.54, 1.807) is 25.3 Å². The topological polar surface area (TPSA) is 65.0 Å². The van der Waals surface area contributed by atoms with E-state index in [9.17, 15) is 9.18 Å². The first-order valence-corrected chi connectivity index (χ1v) is 8.41. The van der Waals surface area contributed by atoms with E-state index in [0.29, 0.717) is 31.8 Å². The average Bonchev–Trinajstić information content (AvgIpc) is 2.67. The van der Waals surface area contributed by atoms with Gasteiger partial charge in [-0.05, 0) is 35.4 Å². The maximum absolute atomic E-state index is 14.1. The number of carboxylic acid groups (broad SMARTS) is 1. The Balaban J connectivity index is 1.76. The standard InChI is InChI=1S/C20H21FO5/c1-24-20(6-8-25-9-7-20)16-10-17(21)12-18(11-16)26-13-14-2-4-15(5-3-14)19(22)23/h2-5,10-12H,6-9,13H2,1H3,(H,22,23). The molecule has 0 aliphatic carbocycles. The van der Waals surface area contributed by atoms with Crippen molar-refractivity contribution in [2.24, 2.45) is 0 Å². The quantitative estimate of drug-likeness (QED) is 0.850. The van der Waals surface area contributed by atoms with Crippen molar-refractivity contribution in [1.82, 2.24) is 0 Å². The molecular weight excluding hydrogens is 339 g/mol. The van der Waals surface area contributed by atoms with Crippen LogP contribution in [0, 0.1) is 5.82 Å². The molecule has 2 aromatic rings. The van der Waals surface area contributed by atoms with Crippen molar-refractivity contribution in [2.75, 3.05) is 20.3 Å². The molecule has 2 aromatic carbocycles. The van der Waals surface area contributed by atoms with Crippen LogP contribution in [0.4, 0.5) is 4.39 Å². The van der Waals surface area contributed by atoms with Crippen LogP contribution in [0.5, 0.6) is 5.75 Å². The van der Waals surface area contributed by atoms with Gasteiger partial charge in [-0.1, -0.05) is 12.1 Å². The van der Waals surface area contributed by atoms with Crippen LogP contribution < -0.4 is 4.74 Å². The van der Waals surface area contributed by atoms with Crippen LogP contribution in [-0.4, -0.2) is 31.4 Å². The molecule has 1 heterocycles. The van der Waals surface area contributed by atoms with Gasteiger partial charge in [-0.25, -0.2) is 9.18 Å². The van der Waals surface area contributed by atoms with Gasteiger partial charge in [0.25, 0.3) is 0 Å². The Morgan fingerprint density at radius 3 is 2.50 bits per heavy atom. The van der Waals surface area contributed by atoms with E-state index in [4.69, 9.17) is 19.3 Å². The van der Waals surface area contributed by atoms with E-state index in [0.717, 1.165) is 11.1 Å². The lowest BCUT2D eigenvalue weighted by molar-refractivity contribution is -0.0950. The van der Waals surface area contributed by atoms with Crippen LogP contribution in [0.2, 0.25) is 0 Å². The Hall–Kier alpha value is -2.44. The predicted molar refractivity (Wildman–Crippen MR) is 92.9 cm³/mol. The molecule has 138 valence electrons. The van der Waals surface area contributed by atoms with E-state index >= 15 is 0 Å². The van der Waals surface area contributed by atoms with Gasteiger partial charge in [0.2, 0.25) is 0 Å². The summed E-state index contributed by atoms with van der Waals surface area (Å²) in [5, 5.41) is 8.92. The number of hydrogen-bond acceptors (Lipinski definition) is 4. The van der Waals surface area contributed by atoms with Gasteiger partial charge < -0.3 is 19.3 Å². The predicted octanol–water partition coefficient (Wildman–Crippen LogP) is 3.76. The molecule has 1 N–H and O–H groups in total. The third-order valence-electron chi connectivity index (χ3n) is 4.69. The normalized spacial score (nSPS) is 16.2. The SMILES string of the molecule is COC1(c2cc(F)cc(OCc3ccc(C(=O)O)cc3)c2)CCOCC1. The van der Waals surface area contributed by atoms with Gasteiger partial charge >= 0.3 is 5.97 Å². The molecule has 0 atom stereocenters. The van der Waals surface area contributed by atoms with Crippen LogP contribution in [0.1, 0.15) is 34.3 Å². The highest BCUT2D eigenvalue weighted by molar-refractivity contribution is 5.87. The summed E-state index contributed by atoms with van der Waals surface area (Å²) in [5.74, 6) is -0.958. The number of methoxy groups -OCH3 is 1. The molecule has 0 unspecified atom stereocenters. The van der Waals surface area contributed by atoms with E-state index < -0.39 is 11.6 Å². The van der Waals surface area contributed by atoms with Gasteiger partial charge in [-0.3, -0.25) is 0 Å². The molecule has 0 spiro atoms. The van der Waals surface area contributed by atoms with Crippen LogP contribution in [-0.2, 0) is 21.7 Å². The molecule has 1 aliphatic heterocycles. The number of halogens is 1. The number of benzene rings is 2. The molecule has 0 saturated carbocycles. The van der Waals surface area contributed by atoms with E-state index in [1.807, 2.05) is 0 Å². The van der Waals surface area contributed by atoms with Gasteiger partial charge in [0.05, 0.1) is 11.2 Å². The number of hydrogen-bond donors (Lipinski definition) is 1. The van der Waals surface area contributed by atoms with Gasteiger partial charge in [-0.2, -0.15) is 0 Å². The molecule has 3 rings (SSSR count). The molecule has 0 bridgehead atoms. The highest BCUT2D eigenvalue weighted by atomic mass is 19.1. The van der Waals surface area contributed by atoms with Crippen molar-refractivity contribution < 1.29 is 28.5 Å². The van der Waals surface area contributed by atoms with Crippen molar-refractivity contribution in [3.63, 3.8) is 0 Å². The number of rotatable bonds is 6. The summed E-state index contributed by atoms with van der Waals surface area (Å²) in [6.45, 7) is 1.35. The van der Waals surface area contributed by atoms with Crippen LogP contribution in [0.25, 0.3) is 0 Å². The molecule has 0 aromatic heterocycles. The second-order valence-corrected chi connectivity index (χ2v) is 6.28. The Morgan fingerprint density at radius 1 is 1.19 bits per heavy atom. The highest BCUT2D eigenvalue weighted by Gasteiger charge is 2.35. The summed E-state index contributed by atoms with van der Waals surface area (Å²) in [6, 6.07) is 11.0. The summed E-state index contributed by atoms with van der Waals surface area (Å²) >= 11 is 0. The largest absolute Gasteiger partial charge is 0.489 e. The van der Waals surface area contributed by atoms with Gasteiger partial charge in [-0.15, -0.1) is 0 Å². The van der Waals surface area contributed by atoms with Crippen molar-refractivity contribution in [1.29, 1.82) is 0 Å². The molecule has 1 saturated heterocycles. The first-order chi connectivity index (χ1) is 12.5. The lowest BCUT2D eigenvalue weighted by atomic mass is 9.86. The van der Waals surface area contributed by atoms with Gasteiger partial charge in [0, 0.05) is 39.2 Å². The van der Waals surface area contributed by atoms with Crippen molar-refractivity contribution >= 4 is 5.97 Å². The van der Waals surface area contributed by atoms with Gasteiger partial charge in [0.1, 0.15) is 18.2 Å². The molecule has 6 heteroatoms. The zero-order valence-corrected chi connectivity index (χ0v) is 14.5. The fourth-order valence-corrected chi connectivity index (χ4v) is 3.13. The summed E-state index contributed by atoms with van der Waals surface area (Å²) < 4.78 is 31.0. The second-order valence-electron chi connectivity index (χ2n) is 6.28. The van der Waals surface area contributed by atoms with Crippen molar-refractivity contribution in [3.8, 4) is 5.75 Å². The zero-order chi connectivity index (χ0) is 18.6. The Bertz CT molecular complexity index is 766. The maximum Gasteiger partial charge on any atom is 0.335 e. The summed E-state index contributed by atoms with van der Waals surface area (Å²) in [5.41, 5.74) is 1.18. The highest BCUT2D eigenvalue weighted by Crippen LogP contribution is 2.37. The minimum atomic E-state index is -0.978. The Kier molecular flexibility index (Phi) is 5.54. The van der Waals surface area contributed by atoms with Gasteiger partial charge in [0.15, 0.2) is 0 Å². The molecular formula is C20H21FO5. The van der Waals surface area contributed by atoms with E-state index in [2.05, 4.69) is 0 Å². The fourth-order valence-electron chi connectivity index (χ4n) is 3.13. The number of aromatic carboxylic acids is 1. The fraction of sp³-hybridized carbons (Fsp3) is 0.350. The Morgan fingerprint density at radius 2 is 1.88 bits per heavy atom. The molecule has 0 amide bonds.